The van der Waals surface area contributed by atoms with Gasteiger partial charge in [0.15, 0.2) is 12.5 Å². The lowest BCUT2D eigenvalue weighted by Crippen LogP contribution is -2.46. The first-order chi connectivity index (χ1) is 24.8. The highest BCUT2D eigenvalue weighted by Crippen LogP contribution is 2.35. The summed E-state index contributed by atoms with van der Waals surface area (Å²) < 4.78 is 51.9. The first kappa shape index (κ1) is 37.6. The number of halogens is 2. The van der Waals surface area contributed by atoms with Crippen molar-refractivity contribution in [2.75, 3.05) is 11.9 Å². The van der Waals surface area contributed by atoms with Crippen LogP contribution < -0.4 is 5.32 Å². The van der Waals surface area contributed by atoms with Crippen LogP contribution in [0.3, 0.4) is 0 Å². The Bertz CT molecular complexity index is 1960. The minimum Gasteiger partial charge on any atom is -0.478 e. The number of esters is 3. The number of carboxylic acids is 1. The second-order valence-electron chi connectivity index (χ2n) is 11.5. The number of nitrogens with zero attached hydrogens (tertiary/aromatic N) is 6. The van der Waals surface area contributed by atoms with Gasteiger partial charge >= 0.3 is 23.9 Å². The van der Waals surface area contributed by atoms with Crippen LogP contribution in [0.4, 0.5) is 14.5 Å². The molecule has 0 spiro atoms. The smallest absolute Gasteiger partial charge is 0.353 e. The Kier molecular flexibility index (Phi) is 12.0. The number of carbonyl (C=O) groups is 5. The number of carbonyl (C=O) groups excluding carboxylic acids is 4. The second-order valence-corrected chi connectivity index (χ2v) is 12.3. The Morgan fingerprint density at radius 3 is 2.38 bits per heavy atom. The Hall–Kier alpha value is -5.63. The summed E-state index contributed by atoms with van der Waals surface area (Å²) in [6.45, 7) is 3.82. The molecule has 0 unspecified atom stereocenters. The van der Waals surface area contributed by atoms with E-state index in [1.807, 2.05) is 6.92 Å². The summed E-state index contributed by atoms with van der Waals surface area (Å²) in [5.41, 5.74) is 0.0681. The maximum absolute atomic E-state index is 14.9. The summed E-state index contributed by atoms with van der Waals surface area (Å²) in [7, 11) is 0. The number of rotatable bonds is 14. The molecule has 2 atom stereocenters. The first-order valence-electron chi connectivity index (χ1n) is 15.9. The van der Waals surface area contributed by atoms with Crippen LogP contribution in [0.1, 0.15) is 63.0 Å². The van der Waals surface area contributed by atoms with Crippen LogP contribution in [0, 0.1) is 11.8 Å². The SMILES string of the molecule is CCO[C@H]1CC[C@H](n2cc(NC(=O)c3csc(-c4cnn(COC(=O)[C@H](OC(C)=O)[C@H](OC(C)=O)C(=O)O)c4)n3)c(-c3nc(F)ccc3F)n2)CC1. The van der Waals surface area contributed by atoms with Crippen LogP contribution in [-0.4, -0.2) is 89.3 Å². The molecule has 1 amide bonds. The maximum atomic E-state index is 14.9. The van der Waals surface area contributed by atoms with Gasteiger partial charge in [0.2, 0.25) is 18.2 Å². The molecule has 1 aliphatic rings. The van der Waals surface area contributed by atoms with Crippen LogP contribution in [0.5, 0.6) is 0 Å². The number of nitrogens with one attached hydrogen (secondary N) is 1. The van der Waals surface area contributed by atoms with Gasteiger partial charge in [-0.05, 0) is 44.7 Å². The molecule has 17 nitrogen and oxygen atoms in total. The predicted octanol–water partition coefficient (Wildman–Crippen LogP) is 3.76. The molecule has 0 aromatic carbocycles. The van der Waals surface area contributed by atoms with E-state index in [1.165, 1.54) is 17.8 Å². The highest BCUT2D eigenvalue weighted by atomic mass is 32.1. The number of ether oxygens (including phenoxy) is 4. The number of anilines is 1. The van der Waals surface area contributed by atoms with Crippen molar-refractivity contribution in [3.05, 3.63) is 53.6 Å². The van der Waals surface area contributed by atoms with Crippen LogP contribution in [0.25, 0.3) is 22.0 Å². The number of thiazole rings is 1. The molecule has 0 saturated heterocycles. The third-order valence-corrected chi connectivity index (χ3v) is 8.62. The van der Waals surface area contributed by atoms with Crippen molar-refractivity contribution in [3.8, 4) is 22.0 Å². The molecule has 1 fully saturated rings. The highest BCUT2D eigenvalue weighted by molar-refractivity contribution is 7.13. The second kappa shape index (κ2) is 16.6. The fourth-order valence-corrected chi connectivity index (χ4v) is 6.20. The Morgan fingerprint density at radius 1 is 1.00 bits per heavy atom. The summed E-state index contributed by atoms with van der Waals surface area (Å²) in [5, 5.41) is 22.5. The van der Waals surface area contributed by atoms with E-state index in [2.05, 4.69) is 30.2 Å². The van der Waals surface area contributed by atoms with Gasteiger partial charge in [0.25, 0.3) is 5.91 Å². The largest absolute Gasteiger partial charge is 0.478 e. The van der Waals surface area contributed by atoms with Crippen LogP contribution in [0.2, 0.25) is 0 Å². The van der Waals surface area contributed by atoms with Gasteiger partial charge in [-0.1, -0.05) is 0 Å². The fourth-order valence-electron chi connectivity index (χ4n) is 5.43. The summed E-state index contributed by atoms with van der Waals surface area (Å²) in [6.07, 6.45) is 3.24. The lowest BCUT2D eigenvalue weighted by molar-refractivity contribution is -0.190. The molecule has 0 aliphatic heterocycles. The van der Waals surface area contributed by atoms with Gasteiger partial charge in [-0.2, -0.15) is 14.6 Å². The molecule has 20 heteroatoms. The van der Waals surface area contributed by atoms with Crippen molar-refractivity contribution in [3.63, 3.8) is 0 Å². The molecular formula is C32H33F2N7O10S. The van der Waals surface area contributed by atoms with Crippen molar-refractivity contribution in [1.29, 1.82) is 0 Å². The van der Waals surface area contributed by atoms with Gasteiger partial charge in [-0.3, -0.25) is 19.1 Å². The number of hydrogen-bond acceptors (Lipinski definition) is 14. The average molecular weight is 746 g/mol. The predicted molar refractivity (Wildman–Crippen MR) is 174 cm³/mol. The fraction of sp³-hybridized carbons (Fsp3) is 0.406. The van der Waals surface area contributed by atoms with E-state index < -0.39 is 60.5 Å². The number of carboxylic acid groups (broad SMARTS) is 1. The third kappa shape index (κ3) is 9.18. The van der Waals surface area contributed by atoms with Gasteiger partial charge < -0.3 is 29.4 Å². The quantitative estimate of drug-likeness (QED) is 0.107. The van der Waals surface area contributed by atoms with Crippen molar-refractivity contribution in [2.24, 2.45) is 0 Å². The molecule has 4 aromatic heterocycles. The molecule has 5 rings (SSSR count). The number of aliphatic carboxylic acids is 1. The number of pyridine rings is 1. The van der Waals surface area contributed by atoms with Gasteiger partial charge in [-0.15, -0.1) is 11.3 Å². The van der Waals surface area contributed by atoms with Gasteiger partial charge in [0.05, 0.1) is 24.0 Å². The van der Waals surface area contributed by atoms with Crippen molar-refractivity contribution >= 4 is 46.8 Å². The van der Waals surface area contributed by atoms with E-state index in [0.29, 0.717) is 17.2 Å². The zero-order chi connectivity index (χ0) is 37.5. The van der Waals surface area contributed by atoms with Crippen molar-refractivity contribution < 1.29 is 56.8 Å². The normalized spacial score (nSPS) is 16.8. The van der Waals surface area contributed by atoms with Crippen LogP contribution in [-0.2, 0) is 44.9 Å². The van der Waals surface area contributed by atoms with E-state index >= 15 is 0 Å². The Labute approximate surface area is 297 Å². The maximum Gasteiger partial charge on any atom is 0.353 e. The molecule has 1 saturated carbocycles. The average Bonchev–Trinajstić information content (AvgIpc) is 3.87. The molecule has 0 radical (unpaired) electrons. The van der Waals surface area contributed by atoms with E-state index in [1.54, 1.807) is 10.9 Å². The Morgan fingerprint density at radius 2 is 1.71 bits per heavy atom. The summed E-state index contributed by atoms with van der Waals surface area (Å²) in [6, 6.07) is 1.74. The van der Waals surface area contributed by atoms with Crippen LogP contribution in [0.15, 0.2) is 36.1 Å². The Balaban J connectivity index is 1.29. The van der Waals surface area contributed by atoms with Crippen LogP contribution >= 0.6 is 11.3 Å². The standard InChI is InChI=1S/C32H33F2N7O10S/c1-4-48-20-7-5-19(6-8-20)41-13-22(26(39-41)25-21(33)9-10-24(34)38-25)36-29(44)23-14-52-30(37-23)18-11-35-40(12-18)15-49-32(47)28(51-17(3)43)27(31(45)46)50-16(2)42/h9-14,19-20,27-28H,4-8,15H2,1-3H3,(H,36,44)(H,45,46)/t19-,20-,27-,28+/m0/s1. The number of amides is 1. The minimum absolute atomic E-state index is 0.0165. The van der Waals surface area contributed by atoms with Crippen molar-refractivity contribution in [1.82, 2.24) is 29.5 Å². The van der Waals surface area contributed by atoms with E-state index in [-0.39, 0.29) is 34.9 Å². The summed E-state index contributed by atoms with van der Waals surface area (Å²) >= 11 is 1.08. The molecular weight excluding hydrogens is 712 g/mol. The molecule has 1 aliphatic carbocycles. The van der Waals surface area contributed by atoms with Crippen molar-refractivity contribution in [2.45, 2.75) is 77.5 Å². The van der Waals surface area contributed by atoms with Gasteiger partial charge in [-0.25, -0.2) is 28.6 Å². The van der Waals surface area contributed by atoms with E-state index in [4.69, 9.17) is 14.2 Å². The third-order valence-electron chi connectivity index (χ3n) is 7.73. The molecule has 4 heterocycles. The van der Waals surface area contributed by atoms with E-state index in [9.17, 15) is 37.9 Å². The molecule has 52 heavy (non-hydrogen) atoms. The lowest BCUT2D eigenvalue weighted by Gasteiger charge is -2.28. The monoisotopic (exact) mass is 745 g/mol. The molecule has 0 bridgehead atoms. The van der Waals surface area contributed by atoms with Gasteiger partial charge in [0, 0.05) is 43.8 Å². The minimum atomic E-state index is -2.16. The first-order valence-corrected chi connectivity index (χ1v) is 16.8. The zero-order valence-electron chi connectivity index (χ0n) is 28.0. The highest BCUT2D eigenvalue weighted by Gasteiger charge is 2.41. The number of hydrogen-bond donors (Lipinski definition) is 2. The summed E-state index contributed by atoms with van der Waals surface area (Å²) in [4.78, 5) is 68.5. The zero-order valence-corrected chi connectivity index (χ0v) is 28.8. The van der Waals surface area contributed by atoms with E-state index in [0.717, 1.165) is 67.7 Å². The summed E-state index contributed by atoms with van der Waals surface area (Å²) in [5.74, 6) is -7.53. The number of aromatic nitrogens is 6. The van der Waals surface area contributed by atoms with Gasteiger partial charge in [0.1, 0.15) is 22.1 Å². The molecule has 2 N–H and O–H groups in total. The topological polar surface area (TPSA) is 216 Å². The molecule has 4 aromatic rings. The lowest BCUT2D eigenvalue weighted by atomic mass is 9.93. The molecule has 276 valence electrons.